The lowest BCUT2D eigenvalue weighted by molar-refractivity contribution is 0.00578. The van der Waals surface area contributed by atoms with E-state index >= 15 is 0 Å². The van der Waals surface area contributed by atoms with Gasteiger partial charge in [-0.2, -0.15) is 0 Å². The number of nitrogens with one attached hydrogen (secondary N) is 1. The molecule has 0 saturated carbocycles. The van der Waals surface area contributed by atoms with Gasteiger partial charge in [0.05, 0.1) is 16.9 Å². The van der Waals surface area contributed by atoms with Crippen LogP contribution in [0.2, 0.25) is 0 Å². The van der Waals surface area contributed by atoms with Gasteiger partial charge in [-0.25, -0.2) is 4.98 Å². The first-order valence-corrected chi connectivity index (χ1v) is 7.80. The van der Waals surface area contributed by atoms with Crippen LogP contribution in [0.15, 0.2) is 11.5 Å². The summed E-state index contributed by atoms with van der Waals surface area (Å²) in [6.07, 6.45) is 2.01. The van der Waals surface area contributed by atoms with Crippen LogP contribution >= 0.6 is 0 Å². The number of rotatable bonds is 4. The zero-order valence-corrected chi connectivity index (χ0v) is 14.9. The number of aromatic nitrogens is 1. The Hall–Kier alpha value is -1.57. The van der Waals surface area contributed by atoms with E-state index in [1.54, 1.807) is 0 Å². The van der Waals surface area contributed by atoms with Gasteiger partial charge in [-0.3, -0.25) is 0 Å². The second kappa shape index (κ2) is 6.15. The van der Waals surface area contributed by atoms with E-state index in [1.165, 1.54) is 0 Å². The van der Waals surface area contributed by atoms with Crippen LogP contribution in [-0.4, -0.2) is 36.9 Å². The topological polar surface area (TPSA) is 95.4 Å². The van der Waals surface area contributed by atoms with Gasteiger partial charge in [0, 0.05) is 12.2 Å². The second-order valence-corrected chi connectivity index (χ2v) is 6.98. The van der Waals surface area contributed by atoms with Crippen molar-refractivity contribution in [1.29, 1.82) is 0 Å². The van der Waals surface area contributed by atoms with Gasteiger partial charge in [-0.1, -0.05) is 6.08 Å². The van der Waals surface area contributed by atoms with Crippen molar-refractivity contribution in [1.82, 2.24) is 10.3 Å². The highest BCUT2D eigenvalue weighted by Crippen LogP contribution is 2.38. The van der Waals surface area contributed by atoms with Crippen molar-refractivity contribution in [3.8, 4) is 0 Å². The summed E-state index contributed by atoms with van der Waals surface area (Å²) in [6.45, 7) is 10.7. The van der Waals surface area contributed by atoms with E-state index in [2.05, 4.69) is 10.3 Å². The molecule has 0 unspecified atom stereocenters. The summed E-state index contributed by atoms with van der Waals surface area (Å²) < 4.78 is 12.3. The average Bonchev–Trinajstić information content (AvgIpc) is 2.64. The molecule has 1 saturated heterocycles. The number of nitrogens with two attached hydrogens (primary N) is 2. The SMILES string of the molecule is CNCC(=Cc1cc(N)c(N)nc1C)B1OC(C)(C)C(C)(C)O1. The molecule has 0 aliphatic carbocycles. The molecule has 1 aliphatic heterocycles. The minimum Gasteiger partial charge on any atom is -0.400 e. The van der Waals surface area contributed by atoms with Crippen molar-refractivity contribution in [3.63, 3.8) is 0 Å². The molecular weight excluding hydrogens is 291 g/mol. The molecule has 0 aromatic carbocycles. The number of pyridine rings is 1. The third kappa shape index (κ3) is 3.52. The zero-order chi connectivity index (χ0) is 17.4. The first-order chi connectivity index (χ1) is 10.6. The van der Waals surface area contributed by atoms with Crippen LogP contribution in [0, 0.1) is 6.92 Å². The molecule has 6 nitrogen and oxygen atoms in total. The fourth-order valence-electron chi connectivity index (χ4n) is 2.40. The Kier molecular flexibility index (Phi) is 4.75. The molecule has 5 N–H and O–H groups in total. The Balaban J connectivity index is 2.38. The monoisotopic (exact) mass is 318 g/mol. The third-order valence-corrected chi connectivity index (χ3v) is 4.59. The van der Waals surface area contributed by atoms with E-state index in [0.717, 1.165) is 16.7 Å². The molecule has 23 heavy (non-hydrogen) atoms. The summed E-state index contributed by atoms with van der Waals surface area (Å²) in [4.78, 5) is 4.28. The van der Waals surface area contributed by atoms with Gasteiger partial charge in [0.2, 0.25) is 0 Å². The van der Waals surface area contributed by atoms with Crippen LogP contribution in [0.3, 0.4) is 0 Å². The van der Waals surface area contributed by atoms with Crippen molar-refractivity contribution in [2.75, 3.05) is 25.1 Å². The molecule has 2 rings (SSSR count). The normalized spacial score (nSPS) is 20.1. The molecule has 0 bridgehead atoms. The molecule has 1 aromatic heterocycles. The molecule has 2 heterocycles. The van der Waals surface area contributed by atoms with Gasteiger partial charge in [0.15, 0.2) is 0 Å². The molecule has 0 spiro atoms. The quantitative estimate of drug-likeness (QED) is 0.733. The average molecular weight is 318 g/mol. The smallest absolute Gasteiger partial charge is 0.400 e. The Bertz CT molecular complexity index is 613. The molecular formula is C16H27BN4O2. The first kappa shape index (κ1) is 17.8. The zero-order valence-electron chi connectivity index (χ0n) is 14.9. The second-order valence-electron chi connectivity index (χ2n) is 6.98. The van der Waals surface area contributed by atoms with Gasteiger partial charge in [-0.15, -0.1) is 0 Å². The van der Waals surface area contributed by atoms with Crippen LogP contribution in [0.5, 0.6) is 0 Å². The van der Waals surface area contributed by atoms with E-state index in [4.69, 9.17) is 20.8 Å². The molecule has 0 radical (unpaired) electrons. The van der Waals surface area contributed by atoms with Gasteiger partial charge in [0.1, 0.15) is 5.82 Å². The molecule has 1 aliphatic rings. The lowest BCUT2D eigenvalue weighted by Gasteiger charge is -2.32. The Morgan fingerprint density at radius 3 is 2.35 bits per heavy atom. The molecule has 0 amide bonds. The van der Waals surface area contributed by atoms with Crippen molar-refractivity contribution >= 4 is 24.7 Å². The van der Waals surface area contributed by atoms with Crippen LogP contribution in [0.4, 0.5) is 11.5 Å². The van der Waals surface area contributed by atoms with Gasteiger partial charge >= 0.3 is 7.12 Å². The maximum atomic E-state index is 6.14. The maximum absolute atomic E-state index is 6.14. The summed E-state index contributed by atoms with van der Waals surface area (Å²) in [6, 6.07) is 1.83. The molecule has 126 valence electrons. The Morgan fingerprint density at radius 2 is 1.83 bits per heavy atom. The van der Waals surface area contributed by atoms with E-state index in [0.29, 0.717) is 18.1 Å². The third-order valence-electron chi connectivity index (χ3n) is 4.59. The fourth-order valence-corrected chi connectivity index (χ4v) is 2.40. The standard InChI is InChI=1S/C16H27BN4O2/c1-10-11(8-13(18)14(19)21-10)7-12(9-20-6)17-22-15(2,3)16(4,5)23-17/h7-8,20H,9,18H2,1-6H3,(H2,19,21). The highest BCUT2D eigenvalue weighted by atomic mass is 16.7. The van der Waals surface area contributed by atoms with E-state index in [1.807, 2.05) is 53.8 Å². The number of hydrogen-bond donors (Lipinski definition) is 3. The molecule has 7 heteroatoms. The molecule has 1 fully saturated rings. The molecule has 1 aromatic rings. The fraction of sp³-hybridized carbons (Fsp3) is 0.562. The van der Waals surface area contributed by atoms with Crippen molar-refractivity contribution in [3.05, 3.63) is 22.8 Å². The van der Waals surface area contributed by atoms with Crippen molar-refractivity contribution in [2.45, 2.75) is 45.8 Å². The van der Waals surface area contributed by atoms with Crippen LogP contribution in [0.25, 0.3) is 6.08 Å². The summed E-state index contributed by atoms with van der Waals surface area (Å²) in [5.41, 5.74) is 14.1. The first-order valence-electron chi connectivity index (χ1n) is 7.80. The predicted octanol–water partition coefficient (Wildman–Crippen LogP) is 1.79. The largest absolute Gasteiger partial charge is 0.491 e. The van der Waals surface area contributed by atoms with E-state index < -0.39 is 7.12 Å². The van der Waals surface area contributed by atoms with Gasteiger partial charge in [-0.05, 0) is 58.8 Å². The lowest BCUT2D eigenvalue weighted by Crippen LogP contribution is -2.41. The van der Waals surface area contributed by atoms with Crippen LogP contribution in [0.1, 0.15) is 39.0 Å². The Labute approximate surface area is 138 Å². The number of nitrogens with zero attached hydrogens (tertiary/aromatic N) is 1. The summed E-state index contributed by atoms with van der Waals surface area (Å²) in [7, 11) is 1.48. The number of likely N-dealkylation sites (N-methyl/N-ethyl adjacent to an activating group) is 1. The van der Waals surface area contributed by atoms with Crippen LogP contribution < -0.4 is 16.8 Å². The van der Waals surface area contributed by atoms with Gasteiger partial charge in [0.25, 0.3) is 0 Å². The minimum absolute atomic E-state index is 0.352. The van der Waals surface area contributed by atoms with Crippen LogP contribution in [-0.2, 0) is 9.31 Å². The lowest BCUT2D eigenvalue weighted by atomic mass is 9.77. The number of nitrogen functional groups attached to an aromatic ring is 2. The van der Waals surface area contributed by atoms with Crippen molar-refractivity contribution < 1.29 is 9.31 Å². The van der Waals surface area contributed by atoms with E-state index in [-0.39, 0.29) is 11.2 Å². The minimum atomic E-state index is -0.411. The summed E-state index contributed by atoms with van der Waals surface area (Å²) >= 11 is 0. The number of aryl methyl sites for hydroxylation is 1. The number of hydrogen-bond acceptors (Lipinski definition) is 6. The predicted molar refractivity (Wildman–Crippen MR) is 95.8 cm³/mol. The van der Waals surface area contributed by atoms with Gasteiger partial charge < -0.3 is 26.1 Å². The Morgan fingerprint density at radius 1 is 1.26 bits per heavy atom. The van der Waals surface area contributed by atoms with E-state index in [9.17, 15) is 0 Å². The number of anilines is 2. The highest BCUT2D eigenvalue weighted by Gasteiger charge is 2.52. The molecule has 0 atom stereocenters. The summed E-state index contributed by atoms with van der Waals surface area (Å²) in [5.74, 6) is 0.352. The highest BCUT2D eigenvalue weighted by molar-refractivity contribution is 6.55. The summed E-state index contributed by atoms with van der Waals surface area (Å²) in [5, 5.41) is 3.16. The van der Waals surface area contributed by atoms with Crippen molar-refractivity contribution in [2.24, 2.45) is 0 Å². The maximum Gasteiger partial charge on any atom is 0.491 e.